The summed E-state index contributed by atoms with van der Waals surface area (Å²) in [5.41, 5.74) is -1.01. The number of amides is 1. The van der Waals surface area contributed by atoms with Crippen molar-refractivity contribution in [2.75, 3.05) is 0 Å². The molecule has 2 unspecified atom stereocenters. The summed E-state index contributed by atoms with van der Waals surface area (Å²) >= 11 is 0. The third kappa shape index (κ3) is 5.03. The minimum absolute atomic E-state index is 0.0247. The van der Waals surface area contributed by atoms with Gasteiger partial charge in [-0.2, -0.15) is 5.23 Å². The Morgan fingerprint density at radius 2 is 1.90 bits per heavy atom. The van der Waals surface area contributed by atoms with E-state index < -0.39 is 28.9 Å². The van der Waals surface area contributed by atoms with Crippen LogP contribution in [0.3, 0.4) is 0 Å². The van der Waals surface area contributed by atoms with Crippen molar-refractivity contribution < 1.29 is 29.9 Å². The molecule has 0 spiro atoms. The molecule has 1 rings (SSSR count). The third-order valence-electron chi connectivity index (χ3n) is 2.41. The number of alkyl carbamates (subject to hydrolysis) is 1. The van der Waals surface area contributed by atoms with E-state index in [0.29, 0.717) is 0 Å². The highest BCUT2D eigenvalue weighted by Gasteiger charge is 2.29. The molecule has 0 heterocycles. The van der Waals surface area contributed by atoms with Crippen LogP contribution in [0.1, 0.15) is 32.4 Å². The van der Waals surface area contributed by atoms with Gasteiger partial charge in [-0.3, -0.25) is 0 Å². The van der Waals surface area contributed by atoms with Crippen molar-refractivity contribution in [3.8, 4) is 0 Å². The molecule has 2 atom stereocenters. The number of hydrogen-bond donors (Lipinski definition) is 4. The highest BCUT2D eigenvalue weighted by Crippen LogP contribution is 2.21. The molecule has 0 aromatic heterocycles. The second-order valence-corrected chi connectivity index (χ2v) is 5.31. The van der Waals surface area contributed by atoms with Gasteiger partial charge in [-0.1, -0.05) is 18.2 Å². The van der Waals surface area contributed by atoms with Crippen molar-refractivity contribution in [2.24, 2.45) is 0 Å². The van der Waals surface area contributed by atoms with Gasteiger partial charge in [-0.25, -0.2) is 14.8 Å². The first kappa shape index (κ1) is 16.9. The van der Waals surface area contributed by atoms with Gasteiger partial charge < -0.3 is 20.4 Å². The number of nitrogens with one attached hydrogen (secondary N) is 2. The molecule has 0 aliphatic rings. The standard InChI is InChI=1S/C13H18N2O6/c1-13(2,3)21-12(18)14-10(11(16)17)8-6-4-5-7-9(8)15(19)20/h4-7,10,15,19H,1-3H3,(H,14,18)(H,16,17). The summed E-state index contributed by atoms with van der Waals surface area (Å²) in [6.07, 6.45) is -0.935. The van der Waals surface area contributed by atoms with E-state index in [-0.39, 0.29) is 11.3 Å². The zero-order valence-electron chi connectivity index (χ0n) is 11.9. The van der Waals surface area contributed by atoms with Crippen molar-refractivity contribution in [3.63, 3.8) is 0 Å². The van der Waals surface area contributed by atoms with Crippen LogP contribution in [0, 0.1) is 5.21 Å². The van der Waals surface area contributed by atoms with Gasteiger partial charge in [0, 0.05) is 6.07 Å². The molecule has 116 valence electrons. The molecule has 0 saturated carbocycles. The largest absolute Gasteiger partial charge is 0.595 e. The van der Waals surface area contributed by atoms with Crippen LogP contribution in [0.2, 0.25) is 0 Å². The van der Waals surface area contributed by atoms with Gasteiger partial charge in [0.15, 0.2) is 11.7 Å². The number of carbonyl (C=O) groups is 2. The Morgan fingerprint density at radius 3 is 2.38 bits per heavy atom. The van der Waals surface area contributed by atoms with E-state index in [0.717, 1.165) is 0 Å². The van der Waals surface area contributed by atoms with Gasteiger partial charge in [0.1, 0.15) is 5.60 Å². The lowest BCUT2D eigenvalue weighted by molar-refractivity contribution is -0.991. The van der Waals surface area contributed by atoms with Crippen molar-refractivity contribution in [1.82, 2.24) is 5.32 Å². The quantitative estimate of drug-likeness (QED) is 0.608. The van der Waals surface area contributed by atoms with Crippen LogP contribution in [0.5, 0.6) is 0 Å². The van der Waals surface area contributed by atoms with Crippen LogP contribution < -0.4 is 10.5 Å². The number of hydrogen-bond acceptors (Lipinski definition) is 5. The Morgan fingerprint density at radius 1 is 1.33 bits per heavy atom. The van der Waals surface area contributed by atoms with Crippen LogP contribution in [0.15, 0.2) is 24.3 Å². The topological polar surface area (TPSA) is 123 Å². The number of aliphatic carboxylic acids is 1. The number of carboxylic acids is 1. The molecule has 4 N–H and O–H groups in total. The molecule has 0 aliphatic heterocycles. The number of para-hydroxylation sites is 1. The average Bonchev–Trinajstić information content (AvgIpc) is 2.33. The molecule has 0 saturated heterocycles. The van der Waals surface area contributed by atoms with Crippen LogP contribution in [-0.4, -0.2) is 28.0 Å². The zero-order chi connectivity index (χ0) is 16.2. The van der Waals surface area contributed by atoms with Crippen molar-refractivity contribution in [3.05, 3.63) is 35.0 Å². The van der Waals surface area contributed by atoms with Gasteiger partial charge >= 0.3 is 12.1 Å². The average molecular weight is 298 g/mol. The maximum atomic E-state index is 11.7. The molecule has 8 heteroatoms. The molecule has 0 radical (unpaired) electrons. The third-order valence-corrected chi connectivity index (χ3v) is 2.41. The van der Waals surface area contributed by atoms with E-state index in [1.54, 1.807) is 20.8 Å². The maximum absolute atomic E-state index is 11.7. The summed E-state index contributed by atoms with van der Waals surface area (Å²) in [4.78, 5) is 23.0. The Bertz CT molecular complexity index is 524. The summed E-state index contributed by atoms with van der Waals surface area (Å²) in [5, 5.41) is 30.3. The summed E-state index contributed by atoms with van der Waals surface area (Å²) in [6, 6.07) is 4.06. The van der Waals surface area contributed by atoms with Gasteiger partial charge in [0.25, 0.3) is 0 Å². The molecule has 21 heavy (non-hydrogen) atoms. The number of benzene rings is 1. The van der Waals surface area contributed by atoms with Gasteiger partial charge in [0.2, 0.25) is 0 Å². The first-order valence-corrected chi connectivity index (χ1v) is 6.16. The second kappa shape index (κ2) is 6.53. The number of rotatable bonds is 4. The molecule has 0 bridgehead atoms. The Hall–Kier alpha value is -2.16. The van der Waals surface area contributed by atoms with Crippen LogP contribution >= 0.6 is 0 Å². The highest BCUT2D eigenvalue weighted by molar-refractivity contribution is 5.82. The Kier molecular flexibility index (Phi) is 5.25. The van der Waals surface area contributed by atoms with Crippen LogP contribution in [0.4, 0.5) is 10.5 Å². The normalized spacial score (nSPS) is 14.1. The predicted octanol–water partition coefficient (Wildman–Crippen LogP) is 0.740. The molecule has 1 aromatic rings. The summed E-state index contributed by atoms with van der Waals surface area (Å²) in [7, 11) is 0. The minimum atomic E-state index is -1.51. The monoisotopic (exact) mass is 298 g/mol. The molecule has 1 aromatic carbocycles. The number of quaternary nitrogens is 1. The summed E-state index contributed by atoms with van der Waals surface area (Å²) in [5.74, 6) is -1.38. The van der Waals surface area contributed by atoms with Gasteiger partial charge in [0.05, 0.1) is 5.56 Å². The van der Waals surface area contributed by atoms with E-state index in [9.17, 15) is 19.9 Å². The van der Waals surface area contributed by atoms with Crippen molar-refractivity contribution >= 4 is 17.7 Å². The predicted molar refractivity (Wildman–Crippen MR) is 72.0 cm³/mol. The minimum Gasteiger partial charge on any atom is -0.595 e. The maximum Gasteiger partial charge on any atom is 0.408 e. The molecular formula is C13H18N2O6. The first-order valence-electron chi connectivity index (χ1n) is 6.16. The molecular weight excluding hydrogens is 280 g/mol. The highest BCUT2D eigenvalue weighted by atomic mass is 16.8. The Balaban J connectivity index is 3.04. The molecule has 0 fully saturated rings. The number of carbonyl (C=O) groups excluding carboxylic acids is 1. The van der Waals surface area contributed by atoms with Crippen LogP contribution in [0.25, 0.3) is 0 Å². The molecule has 1 amide bonds. The van der Waals surface area contributed by atoms with E-state index in [2.05, 4.69) is 5.32 Å². The summed E-state index contributed by atoms with van der Waals surface area (Å²) in [6.45, 7) is 4.90. The fraction of sp³-hybridized carbons (Fsp3) is 0.385. The van der Waals surface area contributed by atoms with Gasteiger partial charge in [-0.05, 0) is 20.8 Å². The molecule has 8 nitrogen and oxygen atoms in total. The molecule has 0 aliphatic carbocycles. The number of carboxylic acid groups (broad SMARTS) is 1. The first-order chi connectivity index (χ1) is 9.61. The van der Waals surface area contributed by atoms with E-state index in [4.69, 9.17) is 9.94 Å². The van der Waals surface area contributed by atoms with E-state index in [1.807, 2.05) is 0 Å². The van der Waals surface area contributed by atoms with Crippen LogP contribution in [-0.2, 0) is 9.53 Å². The van der Waals surface area contributed by atoms with Gasteiger partial charge in [-0.15, -0.1) is 0 Å². The van der Waals surface area contributed by atoms with E-state index in [1.165, 1.54) is 24.3 Å². The fourth-order valence-corrected chi connectivity index (χ4v) is 1.64. The second-order valence-electron chi connectivity index (χ2n) is 5.31. The zero-order valence-corrected chi connectivity index (χ0v) is 11.9. The SMILES string of the molecule is CC(C)(C)OC(=O)NC(C(=O)O)c1ccccc1[NH+]([O-])O. The van der Waals surface area contributed by atoms with Crippen molar-refractivity contribution in [1.29, 1.82) is 0 Å². The Labute approximate surface area is 121 Å². The lowest BCUT2D eigenvalue weighted by Crippen LogP contribution is -2.99. The lowest BCUT2D eigenvalue weighted by Gasteiger charge is -2.23. The summed E-state index contributed by atoms with van der Waals surface area (Å²) < 4.78 is 4.98. The lowest BCUT2D eigenvalue weighted by atomic mass is 10.1. The number of ether oxygens (including phenoxy) is 1. The van der Waals surface area contributed by atoms with Crippen molar-refractivity contribution in [2.45, 2.75) is 32.4 Å². The van der Waals surface area contributed by atoms with E-state index >= 15 is 0 Å². The smallest absolute Gasteiger partial charge is 0.408 e. The fourth-order valence-electron chi connectivity index (χ4n) is 1.64.